The maximum atomic E-state index is 9.25. The zero-order chi connectivity index (χ0) is 38.0. The Morgan fingerprint density at radius 2 is 1.02 bits per heavy atom. The highest BCUT2D eigenvalue weighted by molar-refractivity contribution is 6.12. The molecule has 0 atom stereocenters. The van der Waals surface area contributed by atoms with Crippen molar-refractivity contribution in [2.75, 3.05) is 0 Å². The molecule has 0 N–H and O–H groups in total. The molecule has 0 aliphatic rings. The van der Waals surface area contributed by atoms with E-state index in [2.05, 4.69) is 140 Å². The topological polar surface area (TPSA) is 51.8 Å². The Morgan fingerprint density at radius 3 is 1.89 bits per heavy atom. The van der Waals surface area contributed by atoms with Gasteiger partial charge in [-0.1, -0.05) is 158 Å². The first kappa shape index (κ1) is 29.1. The summed E-state index contributed by atoms with van der Waals surface area (Å²) < 4.78 is 23.9. The van der Waals surface area contributed by atoms with Gasteiger partial charge >= 0.3 is 0 Å². The molecule has 0 aliphatic carbocycles. The van der Waals surface area contributed by atoms with E-state index >= 15 is 0 Å². The molecule has 0 spiro atoms. The first-order valence-corrected chi connectivity index (χ1v) is 18.3. The Bertz CT molecular complexity index is 3390. The molecule has 0 radical (unpaired) electrons. The Kier molecular flexibility index (Phi) is 6.67. The van der Waals surface area contributed by atoms with Crippen LogP contribution in [0.4, 0.5) is 0 Å². The number of aromatic nitrogens is 3. The minimum Gasteiger partial charge on any atom is -0.456 e. The van der Waals surface area contributed by atoms with E-state index in [4.69, 9.17) is 20.7 Å². The van der Waals surface area contributed by atoms with Gasteiger partial charge in [0.2, 0.25) is 0 Å². The highest BCUT2D eigenvalue weighted by Crippen LogP contribution is 2.39. The fourth-order valence-electron chi connectivity index (χ4n) is 7.86. The van der Waals surface area contributed by atoms with Gasteiger partial charge in [0.1, 0.15) is 11.2 Å². The molecule has 0 saturated heterocycles. The Morgan fingerprint density at radius 1 is 0.364 bits per heavy atom. The summed E-state index contributed by atoms with van der Waals surface area (Å²) >= 11 is 0. The average molecular weight is 704 g/mol. The lowest BCUT2D eigenvalue weighted by Gasteiger charge is -2.15. The van der Waals surface area contributed by atoms with Crippen molar-refractivity contribution in [1.29, 1.82) is 0 Å². The van der Waals surface area contributed by atoms with Gasteiger partial charge in [-0.2, -0.15) is 0 Å². The second-order valence-electron chi connectivity index (χ2n) is 13.8. The molecule has 9 aromatic carbocycles. The molecule has 256 valence electrons. The second kappa shape index (κ2) is 12.6. The third kappa shape index (κ3) is 5.34. The molecule has 11 rings (SSSR count). The molecule has 0 unspecified atom stereocenters. The van der Waals surface area contributed by atoms with Gasteiger partial charge in [0.15, 0.2) is 17.5 Å². The molecule has 4 heteroatoms. The van der Waals surface area contributed by atoms with Crippen molar-refractivity contribution in [3.8, 4) is 56.4 Å². The first-order chi connectivity index (χ1) is 28.0. The molecule has 0 aliphatic heterocycles. The highest BCUT2D eigenvalue weighted by atomic mass is 16.3. The van der Waals surface area contributed by atoms with Crippen molar-refractivity contribution in [3.63, 3.8) is 0 Å². The number of benzene rings is 9. The summed E-state index contributed by atoms with van der Waals surface area (Å²) in [5.41, 5.74) is 7.77. The summed E-state index contributed by atoms with van der Waals surface area (Å²) in [4.78, 5) is 15.6. The van der Waals surface area contributed by atoms with Gasteiger partial charge in [0.25, 0.3) is 0 Å². The number of fused-ring (bicyclic) bond motifs is 7. The third-order valence-corrected chi connectivity index (χ3v) is 10.6. The summed E-state index contributed by atoms with van der Waals surface area (Å²) in [6.45, 7) is 0. The monoisotopic (exact) mass is 703 g/mol. The molecule has 0 fully saturated rings. The number of nitrogens with zero attached hydrogens (tertiary/aromatic N) is 3. The van der Waals surface area contributed by atoms with E-state index in [9.17, 15) is 1.37 Å². The predicted octanol–water partition coefficient (Wildman–Crippen LogP) is 13.6. The van der Waals surface area contributed by atoms with Gasteiger partial charge < -0.3 is 4.42 Å². The van der Waals surface area contributed by atoms with Crippen LogP contribution in [0.1, 0.15) is 2.74 Å². The van der Waals surface area contributed by atoms with Crippen molar-refractivity contribution < 1.29 is 7.16 Å². The lowest BCUT2D eigenvalue weighted by atomic mass is 9.91. The fourth-order valence-corrected chi connectivity index (χ4v) is 7.86. The standard InChI is InChI=1S/C51H31N3O/c1-2-12-33(13-3-1)41-28-27-39(31-45(41)37-25-21-32-11-4-5-15-36(32)29-37)50-52-49(38-26-24-35-23-22-34-14-6-7-16-40(34)44(35)30-38)53-51(54-50)43-18-10-20-47-48(43)42-17-8-9-19-46(42)55-47/h1-31H/i8D,18D. The molecule has 0 amide bonds. The van der Waals surface area contributed by atoms with Crippen molar-refractivity contribution in [2.24, 2.45) is 0 Å². The molecule has 11 aromatic rings. The van der Waals surface area contributed by atoms with Crippen LogP contribution in [0.15, 0.2) is 192 Å². The smallest absolute Gasteiger partial charge is 0.164 e. The number of hydrogen-bond donors (Lipinski definition) is 0. The van der Waals surface area contributed by atoms with E-state index in [0.717, 1.165) is 65.7 Å². The summed E-state index contributed by atoms with van der Waals surface area (Å²) in [5.74, 6) is 1.34. The van der Waals surface area contributed by atoms with E-state index < -0.39 is 0 Å². The van der Waals surface area contributed by atoms with E-state index in [1.807, 2.05) is 6.07 Å². The van der Waals surface area contributed by atoms with Crippen LogP contribution < -0.4 is 0 Å². The number of hydrogen-bond acceptors (Lipinski definition) is 4. The normalized spacial score (nSPS) is 12.1. The van der Waals surface area contributed by atoms with Gasteiger partial charge in [-0.3, -0.25) is 0 Å². The first-order valence-electron chi connectivity index (χ1n) is 19.3. The van der Waals surface area contributed by atoms with Crippen LogP contribution in [-0.4, -0.2) is 15.0 Å². The minimum atomic E-state index is 0.254. The zero-order valence-corrected chi connectivity index (χ0v) is 29.5. The molecule has 55 heavy (non-hydrogen) atoms. The third-order valence-electron chi connectivity index (χ3n) is 10.6. The summed E-state index contributed by atoms with van der Waals surface area (Å²) in [6, 6.07) is 60.2. The fraction of sp³-hybridized carbons (Fsp3) is 0. The van der Waals surface area contributed by atoms with E-state index in [1.165, 1.54) is 5.39 Å². The molecule has 2 heterocycles. The van der Waals surface area contributed by atoms with Crippen molar-refractivity contribution in [3.05, 3.63) is 188 Å². The van der Waals surface area contributed by atoms with Crippen LogP contribution in [0.5, 0.6) is 0 Å². The second-order valence-corrected chi connectivity index (χ2v) is 13.8. The number of furan rings is 1. The zero-order valence-electron chi connectivity index (χ0n) is 31.5. The summed E-state index contributed by atoms with van der Waals surface area (Å²) in [5, 5.41) is 8.32. The largest absolute Gasteiger partial charge is 0.456 e. The van der Waals surface area contributed by atoms with E-state index in [1.54, 1.807) is 30.3 Å². The van der Waals surface area contributed by atoms with Gasteiger partial charge in [-0.25, -0.2) is 15.0 Å². The molecular formula is C51H31N3O. The molecule has 0 saturated carbocycles. The van der Waals surface area contributed by atoms with Gasteiger partial charge in [-0.15, -0.1) is 0 Å². The quantitative estimate of drug-likeness (QED) is 0.167. The number of rotatable bonds is 5. The highest BCUT2D eigenvalue weighted by Gasteiger charge is 2.19. The van der Waals surface area contributed by atoms with Crippen LogP contribution in [0.3, 0.4) is 0 Å². The van der Waals surface area contributed by atoms with Crippen molar-refractivity contribution in [2.45, 2.75) is 0 Å². The van der Waals surface area contributed by atoms with Crippen LogP contribution in [0.25, 0.3) is 111 Å². The predicted molar refractivity (Wildman–Crippen MR) is 227 cm³/mol. The summed E-state index contributed by atoms with van der Waals surface area (Å²) in [7, 11) is 0. The minimum absolute atomic E-state index is 0.254. The SMILES string of the molecule is [2H]c1ccc2oc3ccc([2H])c(-c4nc(-c5ccc(-c6ccccc6)c(-c6ccc7ccccc7c6)c5)nc(-c5ccc6ccc7ccccc7c6c5)n4)c3c2c1. The Hall–Kier alpha value is -7.43. The molecule has 0 bridgehead atoms. The van der Waals surface area contributed by atoms with Gasteiger partial charge in [-0.05, 0) is 84.9 Å². The summed E-state index contributed by atoms with van der Waals surface area (Å²) in [6.07, 6.45) is 0. The Labute approximate surface area is 319 Å². The Balaban J connectivity index is 1.18. The van der Waals surface area contributed by atoms with Gasteiger partial charge in [0, 0.05) is 27.5 Å². The molecular weight excluding hydrogens is 671 g/mol. The lowest BCUT2D eigenvalue weighted by Crippen LogP contribution is -2.01. The molecule has 2 aromatic heterocycles. The average Bonchev–Trinajstić information content (AvgIpc) is 3.63. The van der Waals surface area contributed by atoms with Crippen LogP contribution in [-0.2, 0) is 0 Å². The van der Waals surface area contributed by atoms with Crippen LogP contribution >= 0.6 is 0 Å². The van der Waals surface area contributed by atoms with E-state index in [-0.39, 0.29) is 6.04 Å². The van der Waals surface area contributed by atoms with Gasteiger partial charge in [0.05, 0.1) is 2.74 Å². The van der Waals surface area contributed by atoms with Crippen molar-refractivity contribution >= 4 is 54.3 Å². The van der Waals surface area contributed by atoms with Crippen LogP contribution in [0, 0.1) is 0 Å². The number of para-hydroxylation sites is 1. The maximum absolute atomic E-state index is 9.25. The van der Waals surface area contributed by atoms with Crippen LogP contribution in [0.2, 0.25) is 0 Å². The molecule has 4 nitrogen and oxygen atoms in total. The van der Waals surface area contributed by atoms with Crippen molar-refractivity contribution in [1.82, 2.24) is 15.0 Å². The maximum Gasteiger partial charge on any atom is 0.164 e. The van der Waals surface area contributed by atoms with E-state index in [0.29, 0.717) is 45.6 Å². The lowest BCUT2D eigenvalue weighted by molar-refractivity contribution is 0.669.